The topological polar surface area (TPSA) is 57.1 Å². The largest absolute Gasteiger partial charge is 0.381 e. The highest BCUT2D eigenvalue weighted by Gasteiger charge is 2.13. The lowest BCUT2D eigenvalue weighted by atomic mass is 10.1. The molecule has 1 aromatic carbocycles. The number of anilines is 1. The van der Waals surface area contributed by atoms with Gasteiger partial charge in [0.25, 0.3) is 0 Å². The van der Waals surface area contributed by atoms with Gasteiger partial charge in [-0.3, -0.25) is 0 Å². The van der Waals surface area contributed by atoms with E-state index < -0.39 is 0 Å². The minimum absolute atomic E-state index is 0.177. The molecule has 1 unspecified atom stereocenters. The van der Waals surface area contributed by atoms with Gasteiger partial charge in [-0.25, -0.2) is 0 Å². The molecule has 1 aromatic rings. The third-order valence-electron chi connectivity index (χ3n) is 2.82. The van der Waals surface area contributed by atoms with Crippen LogP contribution < -0.4 is 10.6 Å². The van der Waals surface area contributed by atoms with Crippen LogP contribution in [0.1, 0.15) is 11.1 Å². The van der Waals surface area contributed by atoms with Crippen molar-refractivity contribution in [2.75, 3.05) is 31.6 Å². The molecule has 4 heteroatoms. The zero-order valence-electron chi connectivity index (χ0n) is 9.99. The number of nitrogens with one attached hydrogen (secondary N) is 2. The molecule has 4 nitrogen and oxygen atoms in total. The number of nitrogens with zero attached hydrogens (tertiary/aromatic N) is 1. The molecule has 0 saturated carbocycles. The summed E-state index contributed by atoms with van der Waals surface area (Å²) in [6.07, 6.45) is 0.177. The quantitative estimate of drug-likeness (QED) is 0.822. The lowest BCUT2D eigenvalue weighted by molar-refractivity contribution is 0.0372. The molecule has 1 heterocycles. The van der Waals surface area contributed by atoms with E-state index in [1.54, 1.807) is 0 Å². The second kappa shape index (κ2) is 5.67. The van der Waals surface area contributed by atoms with Crippen molar-refractivity contribution in [1.29, 1.82) is 5.26 Å². The van der Waals surface area contributed by atoms with E-state index in [2.05, 4.69) is 16.7 Å². The number of hydrogen-bond acceptors (Lipinski definition) is 4. The Hall–Kier alpha value is -1.57. The molecule has 0 radical (unpaired) electrons. The maximum Gasteiger partial charge on any atom is 0.101 e. The van der Waals surface area contributed by atoms with Gasteiger partial charge in [-0.1, -0.05) is 6.07 Å². The Kier molecular flexibility index (Phi) is 3.97. The Labute approximate surface area is 102 Å². The van der Waals surface area contributed by atoms with Gasteiger partial charge in [-0.15, -0.1) is 0 Å². The molecule has 17 heavy (non-hydrogen) atoms. The van der Waals surface area contributed by atoms with E-state index in [-0.39, 0.29) is 6.10 Å². The first-order chi connectivity index (χ1) is 8.29. The summed E-state index contributed by atoms with van der Waals surface area (Å²) in [6, 6.07) is 8.05. The Morgan fingerprint density at radius 1 is 1.59 bits per heavy atom. The van der Waals surface area contributed by atoms with Crippen LogP contribution in [0.2, 0.25) is 0 Å². The smallest absolute Gasteiger partial charge is 0.101 e. The van der Waals surface area contributed by atoms with Gasteiger partial charge in [0, 0.05) is 19.6 Å². The van der Waals surface area contributed by atoms with Crippen molar-refractivity contribution in [3.8, 4) is 6.07 Å². The van der Waals surface area contributed by atoms with Crippen LogP contribution in [0, 0.1) is 18.3 Å². The first-order valence-corrected chi connectivity index (χ1v) is 5.86. The average molecular weight is 231 g/mol. The Balaban J connectivity index is 1.96. The minimum atomic E-state index is 0.177. The standard InChI is InChI=1S/C13H17N3O/c1-10-2-3-13(11(6-10)7-14)16-9-12-8-15-4-5-17-12/h2-3,6,12,15-16H,4-5,8-9H2,1H3. The average Bonchev–Trinajstić information content (AvgIpc) is 2.38. The van der Waals surface area contributed by atoms with Crippen molar-refractivity contribution in [3.63, 3.8) is 0 Å². The Bertz CT molecular complexity index is 419. The van der Waals surface area contributed by atoms with E-state index in [1.165, 1.54) is 0 Å². The van der Waals surface area contributed by atoms with Crippen LogP contribution in [0.15, 0.2) is 18.2 Å². The summed E-state index contributed by atoms with van der Waals surface area (Å²) in [5.74, 6) is 0. The highest BCUT2D eigenvalue weighted by molar-refractivity contribution is 5.58. The van der Waals surface area contributed by atoms with Crippen LogP contribution in [-0.4, -0.2) is 32.3 Å². The van der Waals surface area contributed by atoms with Crippen molar-refractivity contribution in [2.24, 2.45) is 0 Å². The van der Waals surface area contributed by atoms with E-state index in [4.69, 9.17) is 10.00 Å². The summed E-state index contributed by atoms with van der Waals surface area (Å²) in [5, 5.41) is 15.6. The van der Waals surface area contributed by atoms with E-state index in [0.29, 0.717) is 5.56 Å². The molecule has 90 valence electrons. The molecule has 0 amide bonds. The molecule has 2 N–H and O–H groups in total. The van der Waals surface area contributed by atoms with Gasteiger partial charge in [0.2, 0.25) is 0 Å². The molecule has 1 saturated heterocycles. The minimum Gasteiger partial charge on any atom is -0.381 e. The number of aryl methyl sites for hydroxylation is 1. The first kappa shape index (κ1) is 11.9. The molecule has 0 spiro atoms. The van der Waals surface area contributed by atoms with Crippen molar-refractivity contribution in [3.05, 3.63) is 29.3 Å². The predicted octanol–water partition coefficient (Wildman–Crippen LogP) is 1.27. The SMILES string of the molecule is Cc1ccc(NCC2CNCCO2)c(C#N)c1. The molecule has 2 rings (SSSR count). The van der Waals surface area contributed by atoms with Gasteiger partial charge >= 0.3 is 0 Å². The van der Waals surface area contributed by atoms with Crippen LogP contribution in [0.3, 0.4) is 0 Å². The highest BCUT2D eigenvalue weighted by atomic mass is 16.5. The van der Waals surface area contributed by atoms with Crippen LogP contribution >= 0.6 is 0 Å². The van der Waals surface area contributed by atoms with Crippen LogP contribution in [0.25, 0.3) is 0 Å². The highest BCUT2D eigenvalue weighted by Crippen LogP contribution is 2.16. The number of morpholine rings is 1. The fourth-order valence-electron chi connectivity index (χ4n) is 1.88. The summed E-state index contributed by atoms with van der Waals surface area (Å²) in [6.45, 7) is 5.25. The lowest BCUT2D eigenvalue weighted by Crippen LogP contribution is -2.42. The number of rotatable bonds is 3. The zero-order valence-corrected chi connectivity index (χ0v) is 9.99. The first-order valence-electron chi connectivity index (χ1n) is 5.86. The molecule has 0 aliphatic carbocycles. The summed E-state index contributed by atoms with van der Waals surface area (Å²) in [4.78, 5) is 0. The summed E-state index contributed by atoms with van der Waals surface area (Å²) in [5.41, 5.74) is 2.67. The number of hydrogen-bond donors (Lipinski definition) is 2. The van der Waals surface area contributed by atoms with E-state index in [0.717, 1.165) is 37.5 Å². The summed E-state index contributed by atoms with van der Waals surface area (Å²) >= 11 is 0. The zero-order chi connectivity index (χ0) is 12.1. The molecule has 0 bridgehead atoms. The van der Waals surface area contributed by atoms with Gasteiger partial charge in [0.05, 0.1) is 24.0 Å². The molecule has 1 aliphatic rings. The molecule has 1 atom stereocenters. The normalized spacial score (nSPS) is 19.6. The maximum atomic E-state index is 9.05. The third kappa shape index (κ3) is 3.19. The number of nitriles is 1. The fraction of sp³-hybridized carbons (Fsp3) is 0.462. The van der Waals surface area contributed by atoms with Crippen LogP contribution in [0.5, 0.6) is 0 Å². The lowest BCUT2D eigenvalue weighted by Gasteiger charge is -2.24. The Morgan fingerprint density at radius 2 is 2.47 bits per heavy atom. The monoisotopic (exact) mass is 231 g/mol. The van der Waals surface area contributed by atoms with E-state index in [9.17, 15) is 0 Å². The van der Waals surface area contributed by atoms with Gasteiger partial charge in [0.1, 0.15) is 6.07 Å². The molecular weight excluding hydrogens is 214 g/mol. The third-order valence-corrected chi connectivity index (χ3v) is 2.82. The van der Waals surface area contributed by atoms with Gasteiger partial charge in [-0.2, -0.15) is 5.26 Å². The predicted molar refractivity (Wildman–Crippen MR) is 67.0 cm³/mol. The second-order valence-electron chi connectivity index (χ2n) is 4.24. The van der Waals surface area contributed by atoms with Gasteiger partial charge < -0.3 is 15.4 Å². The molecule has 1 fully saturated rings. The molecular formula is C13H17N3O. The fourth-order valence-corrected chi connectivity index (χ4v) is 1.88. The summed E-state index contributed by atoms with van der Waals surface area (Å²) in [7, 11) is 0. The molecule has 1 aliphatic heterocycles. The van der Waals surface area contributed by atoms with Crippen molar-refractivity contribution in [2.45, 2.75) is 13.0 Å². The molecule has 0 aromatic heterocycles. The maximum absolute atomic E-state index is 9.05. The number of ether oxygens (including phenoxy) is 1. The van der Waals surface area contributed by atoms with Crippen molar-refractivity contribution < 1.29 is 4.74 Å². The summed E-state index contributed by atoms with van der Waals surface area (Å²) < 4.78 is 5.59. The number of benzene rings is 1. The van der Waals surface area contributed by atoms with Crippen LogP contribution in [0.4, 0.5) is 5.69 Å². The van der Waals surface area contributed by atoms with Gasteiger partial charge in [0.15, 0.2) is 0 Å². The van der Waals surface area contributed by atoms with Crippen molar-refractivity contribution in [1.82, 2.24) is 5.32 Å². The second-order valence-corrected chi connectivity index (χ2v) is 4.24. The van der Waals surface area contributed by atoms with E-state index >= 15 is 0 Å². The van der Waals surface area contributed by atoms with Gasteiger partial charge in [-0.05, 0) is 24.6 Å². The van der Waals surface area contributed by atoms with E-state index in [1.807, 2.05) is 25.1 Å². The van der Waals surface area contributed by atoms with Crippen LogP contribution in [-0.2, 0) is 4.74 Å². The van der Waals surface area contributed by atoms with Crippen molar-refractivity contribution >= 4 is 5.69 Å². The Morgan fingerprint density at radius 3 is 3.18 bits per heavy atom.